The maximum Gasteiger partial charge on any atom is 0.299 e. The average molecular weight is 257 g/mol. The van der Waals surface area contributed by atoms with Crippen molar-refractivity contribution >= 4 is 0 Å². The van der Waals surface area contributed by atoms with Gasteiger partial charge in [0.05, 0.1) is 6.26 Å². The molecule has 4 heteroatoms. The van der Waals surface area contributed by atoms with E-state index in [1.54, 1.807) is 6.08 Å². The molecule has 0 atom stereocenters. The fourth-order valence-corrected chi connectivity index (χ4v) is 1.91. The van der Waals surface area contributed by atoms with E-state index >= 15 is 0 Å². The fourth-order valence-electron chi connectivity index (χ4n) is 1.91. The minimum Gasteiger partial charge on any atom is -0.284 e. The Hall–Kier alpha value is -1.06. The highest BCUT2D eigenvalue weighted by Gasteiger charge is 1.92. The summed E-state index contributed by atoms with van der Waals surface area (Å²) < 4.78 is 0. The molecule has 4 nitrogen and oxygen atoms in total. The molecule has 0 aliphatic carbocycles. The maximum atomic E-state index is 9.83. The first-order chi connectivity index (χ1) is 8.77. The number of nitrogens with zero attached hydrogens (tertiary/aromatic N) is 1. The normalized spacial score (nSPS) is 10.9. The number of rotatable bonds is 13. The van der Waals surface area contributed by atoms with Gasteiger partial charge in [-0.25, -0.2) is 0 Å². The van der Waals surface area contributed by atoms with Crippen LogP contribution in [0.3, 0.4) is 0 Å². The molecule has 0 aromatic rings. The average Bonchev–Trinajstić information content (AvgIpc) is 2.34. The van der Waals surface area contributed by atoms with Crippen LogP contribution in [0.15, 0.2) is 12.3 Å². The second kappa shape index (κ2) is 14.0. The Morgan fingerprint density at radius 1 is 0.944 bits per heavy atom. The van der Waals surface area contributed by atoms with E-state index in [0.29, 0.717) is 0 Å². The monoisotopic (exact) mass is 257 g/mol. The molecule has 0 amide bonds. The maximum absolute atomic E-state index is 9.83. The second-order valence-electron chi connectivity index (χ2n) is 4.67. The Labute approximate surface area is 111 Å². The molecule has 0 saturated heterocycles. The van der Waals surface area contributed by atoms with Gasteiger partial charge in [0.2, 0.25) is 0 Å². The lowest BCUT2D eigenvalue weighted by atomic mass is 10.1. The predicted molar refractivity (Wildman–Crippen MR) is 73.7 cm³/mol. The van der Waals surface area contributed by atoms with Gasteiger partial charge in [-0.15, -0.1) is 10.1 Å². The van der Waals surface area contributed by atoms with Crippen molar-refractivity contribution in [1.29, 1.82) is 0 Å². The van der Waals surface area contributed by atoms with Crippen LogP contribution < -0.4 is 0 Å². The first-order valence-corrected chi connectivity index (χ1v) is 7.23. The van der Waals surface area contributed by atoms with E-state index in [1.165, 1.54) is 57.8 Å². The third-order valence-electron chi connectivity index (χ3n) is 2.97. The summed E-state index contributed by atoms with van der Waals surface area (Å²) in [5.41, 5.74) is 0. The van der Waals surface area contributed by atoms with Crippen LogP contribution in [0.5, 0.6) is 0 Å². The Kier molecular flexibility index (Phi) is 13.2. The van der Waals surface area contributed by atoms with Gasteiger partial charge in [0.1, 0.15) is 0 Å². The molecule has 0 saturated carbocycles. The van der Waals surface area contributed by atoms with Crippen LogP contribution in [0.2, 0.25) is 0 Å². The Balaban J connectivity index is 3.03. The molecule has 0 aromatic carbocycles. The van der Waals surface area contributed by atoms with Gasteiger partial charge < -0.3 is 0 Å². The van der Waals surface area contributed by atoms with Crippen molar-refractivity contribution in [3.05, 3.63) is 22.5 Å². The first kappa shape index (κ1) is 16.9. The minimum atomic E-state index is -0.797. The highest BCUT2D eigenvalue weighted by Crippen LogP contribution is 2.11. The molecule has 0 aromatic heterocycles. The van der Waals surface area contributed by atoms with Gasteiger partial charge in [0.15, 0.2) is 0 Å². The van der Waals surface area contributed by atoms with Crippen molar-refractivity contribution in [2.45, 2.75) is 77.6 Å². The van der Waals surface area contributed by atoms with Crippen molar-refractivity contribution in [2.75, 3.05) is 0 Å². The molecular weight excluding hydrogens is 230 g/mol. The highest BCUT2D eigenvalue weighted by molar-refractivity contribution is 4.71. The smallest absolute Gasteiger partial charge is 0.284 e. The lowest BCUT2D eigenvalue weighted by molar-refractivity contribution is -0.737. The summed E-state index contributed by atoms with van der Waals surface area (Å²) >= 11 is 0. The standard InChI is InChI=1S/C14H27NO3/c1-2-3-4-5-6-7-8-9-10-11-12-13-14-18-15(16)17/h13-14H,2-12H2,1H3. The molecule has 0 heterocycles. The third-order valence-corrected chi connectivity index (χ3v) is 2.97. The van der Waals surface area contributed by atoms with Gasteiger partial charge in [0, 0.05) is 0 Å². The number of hydrogen-bond acceptors (Lipinski definition) is 3. The van der Waals surface area contributed by atoms with Crippen LogP contribution in [0, 0.1) is 10.1 Å². The summed E-state index contributed by atoms with van der Waals surface area (Å²) in [7, 11) is 0. The summed E-state index contributed by atoms with van der Waals surface area (Å²) in [6.45, 7) is 2.24. The molecule has 0 unspecified atom stereocenters. The number of unbranched alkanes of at least 4 members (excludes halogenated alkanes) is 10. The molecule has 18 heavy (non-hydrogen) atoms. The molecule has 106 valence electrons. The van der Waals surface area contributed by atoms with Crippen LogP contribution in [-0.4, -0.2) is 5.09 Å². The van der Waals surface area contributed by atoms with Crippen LogP contribution in [0.25, 0.3) is 0 Å². The van der Waals surface area contributed by atoms with E-state index in [2.05, 4.69) is 11.8 Å². The molecule has 0 N–H and O–H groups in total. The fraction of sp³-hybridized carbons (Fsp3) is 0.857. The predicted octanol–water partition coefficient (Wildman–Crippen LogP) is 5.02. The third kappa shape index (κ3) is 14.9. The van der Waals surface area contributed by atoms with E-state index in [-0.39, 0.29) is 0 Å². The van der Waals surface area contributed by atoms with Crippen molar-refractivity contribution in [2.24, 2.45) is 0 Å². The Bertz CT molecular complexity index is 217. The quantitative estimate of drug-likeness (QED) is 0.201. The zero-order valence-corrected chi connectivity index (χ0v) is 11.6. The Morgan fingerprint density at radius 3 is 1.94 bits per heavy atom. The van der Waals surface area contributed by atoms with Crippen LogP contribution >= 0.6 is 0 Å². The molecule has 0 fully saturated rings. The topological polar surface area (TPSA) is 52.4 Å². The van der Waals surface area contributed by atoms with Crippen LogP contribution in [0.4, 0.5) is 0 Å². The number of hydrogen-bond donors (Lipinski definition) is 0. The van der Waals surface area contributed by atoms with Gasteiger partial charge in [-0.1, -0.05) is 70.8 Å². The van der Waals surface area contributed by atoms with Crippen molar-refractivity contribution < 1.29 is 9.92 Å². The van der Waals surface area contributed by atoms with Crippen molar-refractivity contribution in [3.63, 3.8) is 0 Å². The Morgan fingerprint density at radius 2 is 1.44 bits per heavy atom. The van der Waals surface area contributed by atoms with Gasteiger partial charge in [-0.05, 0) is 12.8 Å². The van der Waals surface area contributed by atoms with Crippen molar-refractivity contribution in [3.8, 4) is 0 Å². The summed E-state index contributed by atoms with van der Waals surface area (Å²) in [5.74, 6) is 0. The SMILES string of the molecule is CCCCCCCCCCCCC=CO[N+](=O)[O-]. The van der Waals surface area contributed by atoms with E-state index in [9.17, 15) is 10.1 Å². The second-order valence-corrected chi connectivity index (χ2v) is 4.67. The molecule has 0 spiro atoms. The van der Waals surface area contributed by atoms with Gasteiger partial charge in [0.25, 0.3) is 5.09 Å². The molecule has 0 aliphatic rings. The van der Waals surface area contributed by atoms with Crippen LogP contribution in [-0.2, 0) is 4.84 Å². The van der Waals surface area contributed by atoms with E-state index in [1.807, 2.05) is 0 Å². The summed E-state index contributed by atoms with van der Waals surface area (Å²) in [6.07, 6.45) is 16.8. The molecule has 0 radical (unpaired) electrons. The van der Waals surface area contributed by atoms with Crippen molar-refractivity contribution in [1.82, 2.24) is 0 Å². The molecule has 0 rings (SSSR count). The number of allylic oxidation sites excluding steroid dienone is 1. The van der Waals surface area contributed by atoms with Gasteiger partial charge >= 0.3 is 0 Å². The largest absolute Gasteiger partial charge is 0.299 e. The summed E-state index contributed by atoms with van der Waals surface area (Å²) in [4.78, 5) is 13.9. The molecule has 0 aliphatic heterocycles. The molecular formula is C14H27NO3. The van der Waals surface area contributed by atoms with E-state index < -0.39 is 5.09 Å². The van der Waals surface area contributed by atoms with Gasteiger partial charge in [-0.2, -0.15) is 0 Å². The highest BCUT2D eigenvalue weighted by atomic mass is 16.9. The van der Waals surface area contributed by atoms with E-state index in [0.717, 1.165) is 19.1 Å². The lowest BCUT2D eigenvalue weighted by Crippen LogP contribution is -1.91. The summed E-state index contributed by atoms with van der Waals surface area (Å²) in [5, 5.41) is 9.04. The zero-order chi connectivity index (χ0) is 13.5. The zero-order valence-electron chi connectivity index (χ0n) is 11.6. The summed E-state index contributed by atoms with van der Waals surface area (Å²) in [6, 6.07) is 0. The molecule has 0 bridgehead atoms. The van der Waals surface area contributed by atoms with E-state index in [4.69, 9.17) is 0 Å². The van der Waals surface area contributed by atoms with Crippen LogP contribution in [0.1, 0.15) is 77.6 Å². The lowest BCUT2D eigenvalue weighted by Gasteiger charge is -2.01. The van der Waals surface area contributed by atoms with Gasteiger partial charge in [-0.3, -0.25) is 4.84 Å². The first-order valence-electron chi connectivity index (χ1n) is 7.23. The minimum absolute atomic E-state index is 0.797.